The van der Waals surface area contributed by atoms with E-state index in [1.165, 1.54) is 6.20 Å². The maximum Gasteiger partial charge on any atom is 0.344 e. The average Bonchev–Trinajstić information content (AvgIpc) is 2.75. The fourth-order valence-electron chi connectivity index (χ4n) is 2.05. The van der Waals surface area contributed by atoms with Gasteiger partial charge in [-0.3, -0.25) is 0 Å². The molecule has 6 nitrogen and oxygen atoms in total. The number of aryl methyl sites for hydroxylation is 1. The molecule has 2 aromatic rings. The molecule has 0 bridgehead atoms. The van der Waals surface area contributed by atoms with Crippen LogP contribution in [0.4, 0.5) is 0 Å². The first-order chi connectivity index (χ1) is 9.84. The number of carbonyl (C=O) groups excluding carboxylic acids is 1. The van der Waals surface area contributed by atoms with Gasteiger partial charge in [-0.1, -0.05) is 12.1 Å². The predicted octanol–water partition coefficient (Wildman–Crippen LogP) is 2.05. The first kappa shape index (κ1) is 15.7. The number of aromatic nitrogens is 1. The number of para-hydroxylation sites is 1. The number of rotatable bonds is 5. The second-order valence-corrected chi connectivity index (χ2v) is 6.82. The maximum atomic E-state index is 11.6. The van der Waals surface area contributed by atoms with Crippen molar-refractivity contribution in [2.24, 2.45) is 7.05 Å². The van der Waals surface area contributed by atoms with Gasteiger partial charge in [0.25, 0.3) is 9.05 Å². The number of carbonyl (C=O) groups is 1. The molecule has 0 radical (unpaired) electrons. The van der Waals surface area contributed by atoms with Gasteiger partial charge in [0.2, 0.25) is 0 Å². The number of esters is 1. The molecule has 1 heterocycles. The first-order valence-electron chi connectivity index (χ1n) is 6.15. The number of halogens is 1. The van der Waals surface area contributed by atoms with Gasteiger partial charge in [0.1, 0.15) is 10.6 Å². The molecule has 0 aliphatic carbocycles. The van der Waals surface area contributed by atoms with Crippen LogP contribution in [0.15, 0.2) is 29.3 Å². The van der Waals surface area contributed by atoms with Crippen LogP contribution in [0.1, 0.15) is 6.92 Å². The van der Waals surface area contributed by atoms with Crippen LogP contribution >= 0.6 is 10.7 Å². The molecule has 0 N–H and O–H groups in total. The van der Waals surface area contributed by atoms with Crippen LogP contribution in [0.25, 0.3) is 10.9 Å². The minimum Gasteiger partial charge on any atom is -0.480 e. The molecule has 1 aromatic heterocycles. The van der Waals surface area contributed by atoms with E-state index in [1.54, 1.807) is 36.7 Å². The molecule has 0 aliphatic rings. The van der Waals surface area contributed by atoms with Gasteiger partial charge in [-0.15, -0.1) is 0 Å². The summed E-state index contributed by atoms with van der Waals surface area (Å²) < 4.78 is 34.9. The van der Waals surface area contributed by atoms with E-state index in [0.29, 0.717) is 16.7 Å². The lowest BCUT2D eigenvalue weighted by Gasteiger charge is -2.08. The topological polar surface area (TPSA) is 74.6 Å². The number of hydrogen-bond donors (Lipinski definition) is 0. The van der Waals surface area contributed by atoms with E-state index in [9.17, 15) is 13.2 Å². The lowest BCUT2D eigenvalue weighted by atomic mass is 10.2. The average molecular weight is 332 g/mol. The van der Waals surface area contributed by atoms with Crippen molar-refractivity contribution < 1.29 is 22.7 Å². The van der Waals surface area contributed by atoms with Gasteiger partial charge in [0.05, 0.1) is 12.1 Å². The predicted molar refractivity (Wildman–Crippen MR) is 78.1 cm³/mol. The first-order valence-corrected chi connectivity index (χ1v) is 8.46. The Morgan fingerprint density at radius 1 is 1.38 bits per heavy atom. The molecule has 21 heavy (non-hydrogen) atoms. The Bertz CT molecular complexity index is 781. The summed E-state index contributed by atoms with van der Waals surface area (Å²) in [5.74, 6) is -0.108. The third kappa shape index (κ3) is 3.30. The van der Waals surface area contributed by atoms with E-state index in [4.69, 9.17) is 20.2 Å². The Hall–Kier alpha value is -1.73. The van der Waals surface area contributed by atoms with Crippen LogP contribution in [-0.2, 0) is 25.6 Å². The molecule has 0 atom stereocenters. The highest BCUT2D eigenvalue weighted by atomic mass is 35.7. The SMILES string of the molecule is CCOC(=O)COc1cccc2c(S(=O)(=O)Cl)cn(C)c12. The Morgan fingerprint density at radius 2 is 2.10 bits per heavy atom. The molecule has 0 fully saturated rings. The van der Waals surface area contributed by atoms with Crippen LogP contribution in [-0.4, -0.2) is 32.2 Å². The Morgan fingerprint density at radius 3 is 2.71 bits per heavy atom. The van der Waals surface area contributed by atoms with Crippen molar-refractivity contribution in [1.29, 1.82) is 0 Å². The van der Waals surface area contributed by atoms with Gasteiger partial charge in [-0.05, 0) is 13.0 Å². The summed E-state index contributed by atoms with van der Waals surface area (Å²) in [6, 6.07) is 4.91. The molecule has 0 saturated heterocycles. The number of ether oxygens (including phenoxy) is 2. The molecule has 114 valence electrons. The molecular weight excluding hydrogens is 318 g/mol. The van der Waals surface area contributed by atoms with Gasteiger partial charge in [-0.25, -0.2) is 13.2 Å². The Labute approximate surface area is 126 Å². The highest BCUT2D eigenvalue weighted by Gasteiger charge is 2.20. The monoisotopic (exact) mass is 331 g/mol. The zero-order chi connectivity index (χ0) is 15.6. The van der Waals surface area contributed by atoms with Gasteiger partial charge in [0.15, 0.2) is 6.61 Å². The third-order valence-corrected chi connectivity index (χ3v) is 4.19. The highest BCUT2D eigenvalue weighted by Crippen LogP contribution is 2.33. The van der Waals surface area contributed by atoms with Crippen molar-refractivity contribution in [3.8, 4) is 5.75 Å². The van der Waals surface area contributed by atoms with E-state index < -0.39 is 15.0 Å². The second kappa shape index (κ2) is 5.95. The Balaban J connectivity index is 2.43. The van der Waals surface area contributed by atoms with E-state index in [1.807, 2.05) is 0 Å². The minimum absolute atomic E-state index is 0.00301. The summed E-state index contributed by atoms with van der Waals surface area (Å²) >= 11 is 0. The lowest BCUT2D eigenvalue weighted by molar-refractivity contribution is -0.145. The van der Waals surface area contributed by atoms with Crippen LogP contribution < -0.4 is 4.74 Å². The highest BCUT2D eigenvalue weighted by molar-refractivity contribution is 8.14. The van der Waals surface area contributed by atoms with Crippen molar-refractivity contribution in [3.05, 3.63) is 24.4 Å². The number of hydrogen-bond acceptors (Lipinski definition) is 5. The molecular formula is C13H14ClNO5S. The zero-order valence-corrected chi connectivity index (χ0v) is 13.1. The summed E-state index contributed by atoms with van der Waals surface area (Å²) in [5.41, 5.74) is 0.543. The second-order valence-electron chi connectivity index (χ2n) is 4.29. The zero-order valence-electron chi connectivity index (χ0n) is 11.5. The molecule has 0 saturated carbocycles. The summed E-state index contributed by atoms with van der Waals surface area (Å²) in [5, 5.41) is 0.439. The van der Waals surface area contributed by atoms with Gasteiger partial charge in [0, 0.05) is 29.3 Å². The standard InChI is InChI=1S/C13H14ClNO5S/c1-3-19-12(16)8-20-10-6-4-5-9-11(21(14,17)18)7-15(2)13(9)10/h4-7H,3,8H2,1-2H3. The minimum atomic E-state index is -3.86. The fourth-order valence-corrected chi connectivity index (χ4v) is 3.13. The van der Waals surface area contributed by atoms with Crippen molar-refractivity contribution in [2.75, 3.05) is 13.2 Å². The molecule has 0 unspecified atom stereocenters. The quantitative estimate of drug-likeness (QED) is 0.619. The van der Waals surface area contributed by atoms with Crippen LogP contribution in [0.5, 0.6) is 5.75 Å². The molecule has 0 aliphatic heterocycles. The molecule has 0 spiro atoms. The maximum absolute atomic E-state index is 11.6. The van der Waals surface area contributed by atoms with Crippen LogP contribution in [0.2, 0.25) is 0 Å². The van der Waals surface area contributed by atoms with Gasteiger partial charge < -0.3 is 14.0 Å². The summed E-state index contributed by atoms with van der Waals surface area (Å²) in [6.07, 6.45) is 1.41. The van der Waals surface area contributed by atoms with Crippen molar-refractivity contribution in [3.63, 3.8) is 0 Å². The number of benzene rings is 1. The van der Waals surface area contributed by atoms with Crippen molar-refractivity contribution in [2.45, 2.75) is 11.8 Å². The normalized spacial score (nSPS) is 11.6. The smallest absolute Gasteiger partial charge is 0.344 e. The summed E-state index contributed by atoms with van der Waals surface area (Å²) in [4.78, 5) is 11.3. The summed E-state index contributed by atoms with van der Waals surface area (Å²) in [7, 11) is 3.23. The van der Waals surface area contributed by atoms with Crippen molar-refractivity contribution >= 4 is 36.6 Å². The number of fused-ring (bicyclic) bond motifs is 1. The summed E-state index contributed by atoms with van der Waals surface area (Å²) in [6.45, 7) is 1.72. The Kier molecular flexibility index (Phi) is 4.43. The van der Waals surface area contributed by atoms with Crippen LogP contribution in [0.3, 0.4) is 0 Å². The lowest BCUT2D eigenvalue weighted by Crippen LogP contribution is -2.14. The molecule has 1 aromatic carbocycles. The molecule has 2 rings (SSSR count). The largest absolute Gasteiger partial charge is 0.480 e. The van der Waals surface area contributed by atoms with E-state index in [-0.39, 0.29) is 18.1 Å². The van der Waals surface area contributed by atoms with E-state index in [2.05, 4.69) is 0 Å². The molecule has 8 heteroatoms. The fraction of sp³-hybridized carbons (Fsp3) is 0.308. The van der Waals surface area contributed by atoms with E-state index in [0.717, 1.165) is 0 Å². The van der Waals surface area contributed by atoms with Gasteiger partial charge in [-0.2, -0.15) is 0 Å². The van der Waals surface area contributed by atoms with E-state index >= 15 is 0 Å². The third-order valence-electron chi connectivity index (χ3n) is 2.84. The van der Waals surface area contributed by atoms with Crippen molar-refractivity contribution in [1.82, 2.24) is 4.57 Å². The molecule has 0 amide bonds. The van der Waals surface area contributed by atoms with Crippen LogP contribution in [0, 0.1) is 0 Å². The van der Waals surface area contributed by atoms with Gasteiger partial charge >= 0.3 is 5.97 Å². The number of nitrogens with zero attached hydrogens (tertiary/aromatic N) is 1.